The van der Waals surface area contributed by atoms with E-state index in [-0.39, 0.29) is 6.04 Å². The molecule has 0 aromatic heterocycles. The highest BCUT2D eigenvalue weighted by molar-refractivity contribution is 5.81. The van der Waals surface area contributed by atoms with Gasteiger partial charge in [0.15, 0.2) is 0 Å². The molecule has 0 amide bonds. The summed E-state index contributed by atoms with van der Waals surface area (Å²) in [6, 6.07) is 26.7. The molecule has 0 aliphatic heterocycles. The molecule has 2 unspecified atom stereocenters. The summed E-state index contributed by atoms with van der Waals surface area (Å²) in [5, 5.41) is 0. The summed E-state index contributed by atoms with van der Waals surface area (Å²) in [4.78, 5) is 2.45. The third-order valence-electron chi connectivity index (χ3n) is 7.26. The lowest BCUT2D eigenvalue weighted by Crippen LogP contribution is -2.32. The van der Waals surface area contributed by atoms with Crippen molar-refractivity contribution in [3.63, 3.8) is 0 Å². The van der Waals surface area contributed by atoms with Crippen molar-refractivity contribution in [3.05, 3.63) is 151 Å². The molecule has 1 heteroatoms. The molecule has 0 heterocycles. The van der Waals surface area contributed by atoms with Crippen molar-refractivity contribution in [2.45, 2.75) is 32.2 Å². The van der Waals surface area contributed by atoms with Gasteiger partial charge in [-0.15, -0.1) is 0 Å². The zero-order valence-corrected chi connectivity index (χ0v) is 21.6. The molecule has 3 aromatic carbocycles. The molecule has 5 rings (SSSR count). The Hall–Kier alpha value is -4.10. The number of aryl methyl sites for hydroxylation is 1. The SMILES string of the molecule is C=C/C=C\C=C\N(c1ccccc1-c1ccc(-c2ccc(C)cc2)cc1)C1C/C=C\C2CC=CC1=CC2. The van der Waals surface area contributed by atoms with Gasteiger partial charge in [0.1, 0.15) is 0 Å². The zero-order chi connectivity index (χ0) is 25.5. The molecule has 0 spiro atoms. The molecule has 3 aromatic rings. The summed E-state index contributed by atoms with van der Waals surface area (Å²) < 4.78 is 0. The van der Waals surface area contributed by atoms with Gasteiger partial charge in [-0.25, -0.2) is 0 Å². The number of fused-ring (bicyclic) bond motifs is 2. The Morgan fingerprint density at radius 2 is 1.49 bits per heavy atom. The molecular formula is C36H35N. The molecule has 0 saturated heterocycles. The van der Waals surface area contributed by atoms with Crippen LogP contribution in [-0.2, 0) is 0 Å². The summed E-state index contributed by atoms with van der Waals surface area (Å²) in [6.07, 6.45) is 25.3. The standard InChI is InChI=1S/C36H35N/c1-3-4-5-8-27-37(35-16-10-12-29-11-9-13-33(35)22-19-29)36-15-7-6-14-34(36)32-25-23-31(24-26-32)30-20-17-28(2)18-21-30/h3-10,12-15,17-18,20-27,29,35H,1,11,16,19H2,2H3/b5-4-,12-10-,27-8+. The average Bonchev–Trinajstić information content (AvgIpc) is 3.11. The third-order valence-corrected chi connectivity index (χ3v) is 7.26. The van der Waals surface area contributed by atoms with Gasteiger partial charge < -0.3 is 4.90 Å². The molecule has 0 N–H and O–H groups in total. The van der Waals surface area contributed by atoms with Crippen molar-refractivity contribution in [3.8, 4) is 22.3 Å². The lowest BCUT2D eigenvalue weighted by molar-refractivity contribution is 0.658. The first-order valence-electron chi connectivity index (χ1n) is 13.3. The Balaban J connectivity index is 1.55. The first-order valence-corrected chi connectivity index (χ1v) is 13.3. The van der Waals surface area contributed by atoms with Crippen LogP contribution in [0.2, 0.25) is 0 Å². The van der Waals surface area contributed by atoms with E-state index in [1.54, 1.807) is 0 Å². The summed E-state index contributed by atoms with van der Waals surface area (Å²) in [7, 11) is 0. The average molecular weight is 482 g/mol. The third kappa shape index (κ3) is 5.84. The second kappa shape index (κ2) is 11.8. The van der Waals surface area contributed by atoms with E-state index in [1.165, 1.54) is 39.1 Å². The van der Waals surface area contributed by atoms with Crippen LogP contribution in [0.1, 0.15) is 24.8 Å². The minimum atomic E-state index is 0.230. The number of nitrogens with zero attached hydrogens (tertiary/aromatic N) is 1. The molecule has 2 aliphatic rings. The summed E-state index contributed by atoms with van der Waals surface area (Å²) in [5.41, 5.74) is 8.83. The Kier molecular flexibility index (Phi) is 7.81. The fourth-order valence-corrected chi connectivity index (χ4v) is 5.21. The second-order valence-corrected chi connectivity index (χ2v) is 9.85. The second-order valence-electron chi connectivity index (χ2n) is 9.85. The molecule has 1 nitrogen and oxygen atoms in total. The zero-order valence-electron chi connectivity index (χ0n) is 21.6. The minimum Gasteiger partial charge on any atom is -0.340 e. The van der Waals surface area contributed by atoms with Crippen LogP contribution in [0.15, 0.2) is 146 Å². The molecule has 2 aliphatic carbocycles. The van der Waals surface area contributed by atoms with Gasteiger partial charge in [0.2, 0.25) is 0 Å². The number of rotatable bonds is 7. The van der Waals surface area contributed by atoms with Crippen molar-refractivity contribution < 1.29 is 0 Å². The van der Waals surface area contributed by atoms with Gasteiger partial charge in [0.05, 0.1) is 6.04 Å². The fraction of sp³-hybridized carbons (Fsp3) is 0.167. The van der Waals surface area contributed by atoms with Gasteiger partial charge in [-0.3, -0.25) is 0 Å². The minimum absolute atomic E-state index is 0.230. The van der Waals surface area contributed by atoms with E-state index in [0.717, 1.165) is 19.3 Å². The van der Waals surface area contributed by atoms with E-state index >= 15 is 0 Å². The number of allylic oxidation sites excluding steroid dienone is 7. The van der Waals surface area contributed by atoms with Crippen LogP contribution < -0.4 is 4.90 Å². The maximum atomic E-state index is 3.81. The highest BCUT2D eigenvalue weighted by Crippen LogP contribution is 2.37. The molecule has 2 atom stereocenters. The number of hydrogen-bond acceptors (Lipinski definition) is 1. The van der Waals surface area contributed by atoms with Gasteiger partial charge in [-0.2, -0.15) is 0 Å². The van der Waals surface area contributed by atoms with Crippen LogP contribution in [0.4, 0.5) is 5.69 Å². The molecule has 0 saturated carbocycles. The smallest absolute Gasteiger partial charge is 0.0617 e. The topological polar surface area (TPSA) is 3.24 Å². The molecular weight excluding hydrogens is 446 g/mol. The van der Waals surface area contributed by atoms with Crippen molar-refractivity contribution in [2.75, 3.05) is 4.90 Å². The van der Waals surface area contributed by atoms with Crippen LogP contribution in [0.3, 0.4) is 0 Å². The quantitative estimate of drug-likeness (QED) is 0.240. The van der Waals surface area contributed by atoms with Crippen molar-refractivity contribution in [2.24, 2.45) is 5.92 Å². The molecule has 37 heavy (non-hydrogen) atoms. The molecule has 184 valence electrons. The van der Waals surface area contributed by atoms with Crippen molar-refractivity contribution >= 4 is 5.69 Å². The molecule has 0 fully saturated rings. The van der Waals surface area contributed by atoms with E-state index in [2.05, 4.69) is 134 Å². The predicted molar refractivity (Wildman–Crippen MR) is 160 cm³/mol. The van der Waals surface area contributed by atoms with E-state index in [1.807, 2.05) is 18.2 Å². The fourth-order valence-electron chi connectivity index (χ4n) is 5.21. The number of hydrogen-bond donors (Lipinski definition) is 0. The van der Waals surface area contributed by atoms with Gasteiger partial charge in [-0.1, -0.05) is 127 Å². The maximum Gasteiger partial charge on any atom is 0.0617 e. The number of benzene rings is 3. The van der Waals surface area contributed by atoms with Crippen LogP contribution >= 0.6 is 0 Å². The monoisotopic (exact) mass is 481 g/mol. The number of para-hydroxylation sites is 1. The lowest BCUT2D eigenvalue weighted by atomic mass is 9.93. The van der Waals surface area contributed by atoms with Gasteiger partial charge in [0.25, 0.3) is 0 Å². The molecule has 2 bridgehead atoms. The van der Waals surface area contributed by atoms with Crippen LogP contribution in [-0.4, -0.2) is 6.04 Å². The Bertz CT molecular complexity index is 1360. The largest absolute Gasteiger partial charge is 0.340 e. The lowest BCUT2D eigenvalue weighted by Gasteiger charge is -2.33. The first-order chi connectivity index (χ1) is 18.2. The Labute approximate surface area is 222 Å². The van der Waals surface area contributed by atoms with Crippen LogP contribution in [0.25, 0.3) is 22.3 Å². The normalized spacial score (nSPS) is 19.9. The molecule has 0 radical (unpaired) electrons. The van der Waals surface area contributed by atoms with E-state index < -0.39 is 0 Å². The summed E-state index contributed by atoms with van der Waals surface area (Å²) in [6.45, 7) is 5.94. The van der Waals surface area contributed by atoms with E-state index in [9.17, 15) is 0 Å². The summed E-state index contributed by atoms with van der Waals surface area (Å²) in [5.74, 6) is 0.619. The predicted octanol–water partition coefficient (Wildman–Crippen LogP) is 9.61. The van der Waals surface area contributed by atoms with Gasteiger partial charge >= 0.3 is 0 Å². The number of anilines is 1. The Morgan fingerprint density at radius 3 is 2.27 bits per heavy atom. The van der Waals surface area contributed by atoms with E-state index in [4.69, 9.17) is 0 Å². The van der Waals surface area contributed by atoms with Crippen LogP contribution in [0, 0.1) is 12.8 Å². The summed E-state index contributed by atoms with van der Waals surface area (Å²) >= 11 is 0. The maximum absolute atomic E-state index is 3.81. The Morgan fingerprint density at radius 1 is 0.757 bits per heavy atom. The van der Waals surface area contributed by atoms with Crippen LogP contribution in [0.5, 0.6) is 0 Å². The van der Waals surface area contributed by atoms with E-state index in [0.29, 0.717) is 5.92 Å². The van der Waals surface area contributed by atoms with Gasteiger partial charge in [-0.05, 0) is 66.5 Å². The first kappa shape index (κ1) is 24.6. The highest BCUT2D eigenvalue weighted by Gasteiger charge is 2.24. The highest BCUT2D eigenvalue weighted by atomic mass is 15.1. The van der Waals surface area contributed by atoms with Crippen molar-refractivity contribution in [1.29, 1.82) is 0 Å². The van der Waals surface area contributed by atoms with Gasteiger partial charge in [0, 0.05) is 17.5 Å². The van der Waals surface area contributed by atoms with Crippen molar-refractivity contribution in [1.82, 2.24) is 0 Å².